The summed E-state index contributed by atoms with van der Waals surface area (Å²) in [5.41, 5.74) is -0.0699. The summed E-state index contributed by atoms with van der Waals surface area (Å²) in [5.74, 6) is 15.6. The minimum atomic E-state index is -0.723. The number of hydrogen-bond donors (Lipinski definition) is 1. The van der Waals surface area contributed by atoms with Crippen molar-refractivity contribution in [3.05, 3.63) is 0 Å². The minimum absolute atomic E-state index is 0. The van der Waals surface area contributed by atoms with Gasteiger partial charge in [0.15, 0.2) is 5.79 Å². The quantitative estimate of drug-likeness (QED) is 0.288. The van der Waals surface area contributed by atoms with Crippen LogP contribution in [0.4, 0.5) is 0 Å². The Morgan fingerprint density at radius 3 is 1.92 bits per heavy atom. The second-order valence-corrected chi connectivity index (χ2v) is 20.0. The molecule has 1 heterocycles. The fourth-order valence-corrected chi connectivity index (χ4v) is 16.1. The molecule has 0 radical (unpaired) electrons. The zero-order valence-corrected chi connectivity index (χ0v) is 32.2. The zero-order valence-electron chi connectivity index (χ0n) is 32.2. The maximum absolute atomic E-state index is 12.2. The van der Waals surface area contributed by atoms with Crippen LogP contribution in [0.1, 0.15) is 165 Å². The summed E-state index contributed by atoms with van der Waals surface area (Å²) in [6.45, 7) is 12.4. The second-order valence-electron chi connectivity index (χ2n) is 20.0. The molecule has 8 saturated carbocycles. The molecule has 0 aromatic carbocycles. The van der Waals surface area contributed by atoms with Crippen LogP contribution in [0.5, 0.6) is 0 Å². The average Bonchev–Trinajstić information content (AvgIpc) is 3.79. The first-order valence-corrected chi connectivity index (χ1v) is 21.4. The molecule has 5 nitrogen and oxygen atoms in total. The SMILES string of the molecule is C.C.CC#C[C@@]1(O)CC[C@H]2C(CCC3C2CC[C@@]2(C)C3CC[C@@H]2C(C)=O)C1.CC1([C@H]2CCC3C4CCC5CC(=O)CC[C@@H]5C4CC[C@@]32C)OCCO1. The Labute approximate surface area is 318 Å². The lowest BCUT2D eigenvalue weighted by atomic mass is 9.49. The predicted molar refractivity (Wildman–Crippen MR) is 209 cm³/mol. The van der Waals surface area contributed by atoms with E-state index in [1.54, 1.807) is 0 Å². The van der Waals surface area contributed by atoms with Gasteiger partial charge >= 0.3 is 0 Å². The largest absolute Gasteiger partial charge is 0.378 e. The van der Waals surface area contributed by atoms with E-state index in [0.29, 0.717) is 40.7 Å². The van der Waals surface area contributed by atoms with Crippen molar-refractivity contribution >= 4 is 11.6 Å². The van der Waals surface area contributed by atoms with Gasteiger partial charge in [-0.05, 0) is 194 Å². The molecule has 5 heteroatoms. The van der Waals surface area contributed by atoms with Crippen LogP contribution in [-0.2, 0) is 19.1 Å². The van der Waals surface area contributed by atoms with Crippen LogP contribution >= 0.6 is 0 Å². The number of carbonyl (C=O) groups is 2. The first kappa shape index (κ1) is 40.4. The summed E-state index contributed by atoms with van der Waals surface area (Å²) in [4.78, 5) is 24.1. The van der Waals surface area contributed by atoms with Crippen molar-refractivity contribution in [2.24, 2.45) is 81.8 Å². The number of hydrogen-bond acceptors (Lipinski definition) is 5. The Bertz CT molecular complexity index is 1370. The van der Waals surface area contributed by atoms with Crippen LogP contribution in [0.15, 0.2) is 0 Å². The highest BCUT2D eigenvalue weighted by molar-refractivity contribution is 5.80. The summed E-state index contributed by atoms with van der Waals surface area (Å²) < 4.78 is 12.2. The molecular formula is C47H76O5. The van der Waals surface area contributed by atoms with E-state index in [1.807, 2.05) is 13.8 Å². The molecule has 9 aliphatic rings. The Kier molecular flexibility index (Phi) is 11.7. The standard InChI is InChI=1S/C23H34O2.C22H34O3.2CH4/c1-4-11-23(25)13-10-17-16(14-23)5-6-19-18(17)9-12-22(3)20(15(2)24)7-8-21(19)22;1-21-10-9-17-16-6-4-15(23)13-14(16)3-5-18(17)19(21)7-8-20(21)22(2)24-11-12-25-22;;/h16-21,25H,5-10,12-14H2,1-3H3;14,16-20H,3-13H2,1-2H3;2*1H4/t16?,17-,18?,19?,20+,21?,22+,23+;14?,16-,17?,18?,19?,20-,21-;;/m00../s1. The molecule has 294 valence electrons. The zero-order chi connectivity index (χ0) is 35.1. The number of carbonyl (C=O) groups excluding carboxylic acids is 2. The number of ketones is 2. The fraction of sp³-hybridized carbons (Fsp3) is 0.915. The lowest BCUT2D eigenvalue weighted by Gasteiger charge is -2.56. The van der Waals surface area contributed by atoms with Crippen LogP contribution in [-0.4, -0.2) is 41.3 Å². The topological polar surface area (TPSA) is 72.8 Å². The highest BCUT2D eigenvalue weighted by atomic mass is 16.7. The van der Waals surface area contributed by atoms with Gasteiger partial charge in [-0.25, -0.2) is 0 Å². The maximum Gasteiger partial charge on any atom is 0.169 e. The molecule has 1 saturated heterocycles. The highest BCUT2D eigenvalue weighted by Crippen LogP contribution is 2.67. The number of Topliss-reactive ketones (excluding diaryl/α,β-unsaturated/α-hetero) is 2. The molecule has 0 bridgehead atoms. The van der Waals surface area contributed by atoms with Gasteiger partial charge in [0.05, 0.1) is 13.2 Å². The smallest absolute Gasteiger partial charge is 0.169 e. The van der Waals surface area contributed by atoms with Crippen LogP contribution < -0.4 is 0 Å². The first-order valence-electron chi connectivity index (χ1n) is 21.4. The molecule has 0 aromatic heterocycles. The lowest BCUT2D eigenvalue weighted by Crippen LogP contribution is -2.52. The molecule has 0 spiro atoms. The number of ether oxygens (including phenoxy) is 2. The van der Waals surface area contributed by atoms with Crippen LogP contribution in [0.2, 0.25) is 0 Å². The van der Waals surface area contributed by atoms with Crippen LogP contribution in [0.3, 0.4) is 0 Å². The van der Waals surface area contributed by atoms with Gasteiger partial charge in [-0.15, -0.1) is 5.92 Å². The van der Waals surface area contributed by atoms with Gasteiger partial charge in [0.1, 0.15) is 17.2 Å². The first-order chi connectivity index (χ1) is 23.9. The Morgan fingerprint density at radius 2 is 1.27 bits per heavy atom. The van der Waals surface area contributed by atoms with E-state index in [-0.39, 0.29) is 26.1 Å². The molecule has 0 amide bonds. The Hall–Kier alpha value is -1.22. The third kappa shape index (κ3) is 6.61. The van der Waals surface area contributed by atoms with Crippen molar-refractivity contribution in [2.45, 2.75) is 176 Å². The monoisotopic (exact) mass is 721 g/mol. The molecule has 1 N–H and O–H groups in total. The van der Waals surface area contributed by atoms with Crippen molar-refractivity contribution < 1.29 is 24.2 Å². The average molecular weight is 721 g/mol. The summed E-state index contributed by atoms with van der Waals surface area (Å²) in [6, 6.07) is 0. The van der Waals surface area contributed by atoms with Gasteiger partial charge in [0.25, 0.3) is 0 Å². The van der Waals surface area contributed by atoms with Crippen molar-refractivity contribution in [3.63, 3.8) is 0 Å². The molecule has 1 aliphatic heterocycles. The third-order valence-electron chi connectivity index (χ3n) is 18.1. The molecule has 8 aliphatic carbocycles. The van der Waals surface area contributed by atoms with Crippen molar-refractivity contribution in [1.29, 1.82) is 0 Å². The molecule has 9 rings (SSSR count). The van der Waals surface area contributed by atoms with Crippen molar-refractivity contribution in [3.8, 4) is 11.8 Å². The van der Waals surface area contributed by atoms with Crippen molar-refractivity contribution in [2.75, 3.05) is 13.2 Å². The second kappa shape index (κ2) is 15.0. The minimum Gasteiger partial charge on any atom is -0.378 e. The van der Waals surface area contributed by atoms with Gasteiger partial charge in [-0.3, -0.25) is 9.59 Å². The van der Waals surface area contributed by atoms with Gasteiger partial charge in [0.2, 0.25) is 0 Å². The molecule has 15 atom stereocenters. The number of rotatable bonds is 2. The Morgan fingerprint density at radius 1 is 0.692 bits per heavy atom. The van der Waals surface area contributed by atoms with E-state index in [9.17, 15) is 14.7 Å². The van der Waals surface area contributed by atoms with Crippen LogP contribution in [0.25, 0.3) is 0 Å². The fourth-order valence-electron chi connectivity index (χ4n) is 16.1. The van der Waals surface area contributed by atoms with Gasteiger partial charge in [-0.1, -0.05) is 34.6 Å². The molecule has 0 aromatic rings. The molecule has 9 fully saturated rings. The van der Waals surface area contributed by atoms with E-state index in [1.165, 1.54) is 77.0 Å². The lowest BCUT2D eigenvalue weighted by molar-refractivity contribution is -0.215. The van der Waals surface area contributed by atoms with Crippen molar-refractivity contribution in [1.82, 2.24) is 0 Å². The van der Waals surface area contributed by atoms with E-state index in [2.05, 4.69) is 32.6 Å². The summed E-state index contributed by atoms with van der Waals surface area (Å²) in [6.07, 6.45) is 21.3. The Balaban J connectivity index is 0.000000172. The molecular weight excluding hydrogens is 645 g/mol. The van der Waals surface area contributed by atoms with E-state index < -0.39 is 5.60 Å². The van der Waals surface area contributed by atoms with Crippen LogP contribution in [0, 0.1) is 93.7 Å². The summed E-state index contributed by atoms with van der Waals surface area (Å²) >= 11 is 0. The van der Waals surface area contributed by atoms with Gasteiger partial charge < -0.3 is 14.6 Å². The highest BCUT2D eigenvalue weighted by Gasteiger charge is 2.62. The summed E-state index contributed by atoms with van der Waals surface area (Å²) in [7, 11) is 0. The maximum atomic E-state index is 12.2. The van der Waals surface area contributed by atoms with E-state index in [4.69, 9.17) is 9.47 Å². The summed E-state index contributed by atoms with van der Waals surface area (Å²) in [5, 5.41) is 10.8. The van der Waals surface area contributed by atoms with Gasteiger partial charge in [0, 0.05) is 24.7 Å². The number of aliphatic hydroxyl groups is 1. The predicted octanol–water partition coefficient (Wildman–Crippen LogP) is 10.5. The van der Waals surface area contributed by atoms with Gasteiger partial charge in [-0.2, -0.15) is 0 Å². The molecule has 8 unspecified atom stereocenters. The number of fused-ring (bicyclic) bond motifs is 10. The third-order valence-corrected chi connectivity index (χ3v) is 18.1. The molecule has 52 heavy (non-hydrogen) atoms. The normalized spacial score (nSPS) is 49.6. The van der Waals surface area contributed by atoms with E-state index in [0.717, 1.165) is 99.1 Å². The van der Waals surface area contributed by atoms with E-state index >= 15 is 0 Å².